The molecule has 2 fully saturated rings. The Morgan fingerprint density at radius 3 is 2.44 bits per heavy atom. The molecule has 13 nitrogen and oxygen atoms in total. The van der Waals surface area contributed by atoms with E-state index in [0.717, 1.165) is 23.3 Å². The number of nitrogens with one attached hydrogen (secondary N) is 2. The summed E-state index contributed by atoms with van der Waals surface area (Å²) in [6.07, 6.45) is 0.0123. The van der Waals surface area contributed by atoms with Crippen LogP contribution in [0.1, 0.15) is 32.1 Å². The first kappa shape index (κ1) is 30.3. The number of urea groups is 1. The number of Topliss-reactive ketones (excluding diaryl/α,β-unsaturated/α-hetero) is 1. The number of ether oxygens (including phenoxy) is 1. The van der Waals surface area contributed by atoms with Crippen LogP contribution in [0.15, 0.2) is 11.4 Å². The van der Waals surface area contributed by atoms with Crippen LogP contribution in [-0.2, 0) is 40.6 Å². The van der Waals surface area contributed by atoms with E-state index >= 15 is 0 Å². The van der Waals surface area contributed by atoms with Crippen molar-refractivity contribution in [2.24, 2.45) is 11.3 Å². The molecule has 3 rings (SSSR count). The fraction of sp³-hybridized carbons (Fsp3) is 0.550. The molecule has 36 heavy (non-hydrogen) atoms. The summed E-state index contributed by atoms with van der Waals surface area (Å²) >= 11 is 1.11. The second kappa shape index (κ2) is 10.8. The molecular formula is C20H25N4NaO9S2. The van der Waals surface area contributed by atoms with Crippen LogP contribution in [0.2, 0.25) is 0 Å². The maximum atomic E-state index is 12.7. The Kier molecular flexibility index (Phi) is 9.15. The van der Waals surface area contributed by atoms with Crippen LogP contribution in [0.5, 0.6) is 0 Å². The number of thiophene rings is 1. The number of carbonyl (C=O) groups excluding carboxylic acids is 5. The van der Waals surface area contributed by atoms with Gasteiger partial charge < -0.3 is 19.9 Å². The molecule has 2 saturated heterocycles. The molecule has 2 atom stereocenters. The summed E-state index contributed by atoms with van der Waals surface area (Å²) in [4.78, 5) is 63.6. The molecule has 0 radical (unpaired) electrons. The first-order valence-electron chi connectivity index (χ1n) is 10.5. The third kappa shape index (κ3) is 5.98. The van der Waals surface area contributed by atoms with E-state index in [2.05, 4.69) is 10.6 Å². The number of likely N-dealkylation sites (tertiary alicyclic amines) is 1. The molecule has 1 aromatic heterocycles. The summed E-state index contributed by atoms with van der Waals surface area (Å²) in [5.74, 6) is -3.97. The minimum absolute atomic E-state index is 0. The fourth-order valence-corrected chi connectivity index (χ4v) is 5.43. The fourth-order valence-electron chi connectivity index (χ4n) is 3.91. The molecule has 2 aliphatic heterocycles. The Hall–Kier alpha value is -1.88. The Morgan fingerprint density at radius 1 is 1.28 bits per heavy atom. The number of hydrogen-bond acceptors (Lipinski definition) is 10. The summed E-state index contributed by atoms with van der Waals surface area (Å²) in [6.45, 7) is 4.94. The van der Waals surface area contributed by atoms with Crippen molar-refractivity contribution >= 4 is 56.9 Å². The first-order chi connectivity index (χ1) is 16.1. The monoisotopic (exact) mass is 552 g/mol. The molecule has 0 aromatic carbocycles. The van der Waals surface area contributed by atoms with Crippen LogP contribution in [0.4, 0.5) is 10.5 Å². The van der Waals surface area contributed by atoms with Gasteiger partial charge in [-0.05, 0) is 23.3 Å². The molecule has 2 unspecified atom stereocenters. The van der Waals surface area contributed by atoms with E-state index in [9.17, 15) is 36.9 Å². The normalized spacial score (nSPS) is 22.6. The SMILES string of the molecule is COC1(NC(=O)Cc2sccc2NC(=O)N2CCC(C(C)(C)C)C(=O)C2=O)CN(S(=O)(=O)[O-])C1=O.[Na+]. The molecule has 192 valence electrons. The van der Waals surface area contributed by atoms with Crippen molar-refractivity contribution in [2.75, 3.05) is 25.5 Å². The molecule has 3 heterocycles. The molecular weight excluding hydrogens is 527 g/mol. The third-order valence-corrected chi connectivity index (χ3v) is 7.67. The molecule has 16 heteroatoms. The van der Waals surface area contributed by atoms with E-state index < -0.39 is 63.4 Å². The van der Waals surface area contributed by atoms with Gasteiger partial charge in [0.15, 0.2) is 10.3 Å². The summed E-state index contributed by atoms with van der Waals surface area (Å²) in [7, 11) is -3.96. The van der Waals surface area contributed by atoms with Crippen LogP contribution in [0.3, 0.4) is 0 Å². The number of hydrogen-bond donors (Lipinski definition) is 2. The van der Waals surface area contributed by atoms with Gasteiger partial charge in [-0.25, -0.2) is 17.5 Å². The molecule has 0 aliphatic carbocycles. The number of β-lactam (4-membered cyclic amide) rings is 1. The number of carbonyl (C=O) groups is 5. The van der Waals surface area contributed by atoms with Gasteiger partial charge in [-0.3, -0.25) is 24.1 Å². The predicted octanol–water partition coefficient (Wildman–Crippen LogP) is -2.95. The van der Waals surface area contributed by atoms with Gasteiger partial charge in [0, 0.05) is 24.4 Å². The summed E-state index contributed by atoms with van der Waals surface area (Å²) in [5, 5.41) is 6.39. The van der Waals surface area contributed by atoms with Crippen LogP contribution < -0.4 is 40.2 Å². The Morgan fingerprint density at radius 2 is 1.92 bits per heavy atom. The summed E-state index contributed by atoms with van der Waals surface area (Å²) < 4.78 is 38.2. The second-order valence-corrected chi connectivity index (χ2v) is 11.5. The number of piperidine rings is 1. The topological polar surface area (TPSA) is 182 Å². The van der Waals surface area contributed by atoms with Crippen molar-refractivity contribution in [2.45, 2.75) is 39.3 Å². The number of ketones is 1. The van der Waals surface area contributed by atoms with Gasteiger partial charge in [0.2, 0.25) is 17.4 Å². The second-order valence-electron chi connectivity index (χ2n) is 9.24. The van der Waals surface area contributed by atoms with Gasteiger partial charge in [0.1, 0.15) is 0 Å². The Labute approximate surface area is 234 Å². The van der Waals surface area contributed by atoms with Gasteiger partial charge in [0.05, 0.1) is 18.7 Å². The average Bonchev–Trinajstić information content (AvgIpc) is 3.16. The Balaban J connectivity index is 0.00000456. The molecule has 5 amide bonds. The van der Waals surface area contributed by atoms with Crippen molar-refractivity contribution in [1.82, 2.24) is 14.5 Å². The first-order valence-corrected chi connectivity index (χ1v) is 12.7. The van der Waals surface area contributed by atoms with E-state index in [-0.39, 0.29) is 52.5 Å². The third-order valence-electron chi connectivity index (χ3n) is 5.91. The number of nitrogens with zero attached hydrogens (tertiary/aromatic N) is 2. The molecule has 0 bridgehead atoms. The van der Waals surface area contributed by atoms with E-state index in [1.54, 1.807) is 5.38 Å². The largest absolute Gasteiger partial charge is 1.00 e. The van der Waals surface area contributed by atoms with Gasteiger partial charge in [-0.2, -0.15) is 0 Å². The summed E-state index contributed by atoms with van der Waals surface area (Å²) in [5.41, 5.74) is -2.18. The van der Waals surface area contributed by atoms with Gasteiger partial charge in [0.25, 0.3) is 11.8 Å². The minimum atomic E-state index is -5.03. The van der Waals surface area contributed by atoms with Crippen molar-refractivity contribution in [3.8, 4) is 0 Å². The molecule has 2 N–H and O–H groups in total. The number of rotatable bonds is 6. The quantitative estimate of drug-likeness (QED) is 0.123. The zero-order valence-electron chi connectivity index (χ0n) is 20.4. The molecule has 2 aliphatic rings. The molecule has 1 aromatic rings. The van der Waals surface area contributed by atoms with E-state index in [1.807, 2.05) is 20.8 Å². The zero-order valence-corrected chi connectivity index (χ0v) is 24.1. The number of imide groups is 1. The Bertz CT molecular complexity index is 1190. The van der Waals surface area contributed by atoms with E-state index in [4.69, 9.17) is 4.74 Å². The van der Waals surface area contributed by atoms with E-state index in [1.165, 1.54) is 6.07 Å². The van der Waals surface area contributed by atoms with Crippen LogP contribution in [-0.4, -0.2) is 77.6 Å². The van der Waals surface area contributed by atoms with Gasteiger partial charge >= 0.3 is 35.6 Å². The van der Waals surface area contributed by atoms with Crippen LogP contribution in [0.25, 0.3) is 0 Å². The summed E-state index contributed by atoms with van der Waals surface area (Å²) in [6, 6.07) is 0.695. The standard InChI is InChI=1S/C20H26N4O9S2.Na/c1-19(2,3)11-5-7-23(16(27)15(11)26)18(29)21-12-6-8-34-13(12)9-14(25)22-20(33-4)10-24(17(20)28)35(30,31)32;/h6,8,11H,5,7,9-10H2,1-4H3,(H,21,29)(H,22,25)(H,30,31,32);/q;+1/p-1. The van der Waals surface area contributed by atoms with Crippen LogP contribution in [0, 0.1) is 11.3 Å². The van der Waals surface area contributed by atoms with Crippen molar-refractivity contribution < 1.29 is 71.2 Å². The van der Waals surface area contributed by atoms with Gasteiger partial charge in [-0.15, -0.1) is 11.3 Å². The number of anilines is 1. The number of amides is 5. The maximum absolute atomic E-state index is 12.7. The maximum Gasteiger partial charge on any atom is 1.00 e. The van der Waals surface area contributed by atoms with E-state index in [0.29, 0.717) is 11.3 Å². The van der Waals surface area contributed by atoms with Gasteiger partial charge in [-0.1, -0.05) is 20.8 Å². The number of methoxy groups -OCH3 is 1. The minimum Gasteiger partial charge on any atom is -0.731 e. The predicted molar refractivity (Wildman–Crippen MR) is 121 cm³/mol. The van der Waals surface area contributed by atoms with Crippen molar-refractivity contribution in [3.63, 3.8) is 0 Å². The smallest absolute Gasteiger partial charge is 0.731 e. The molecule has 0 saturated carbocycles. The average molecular weight is 553 g/mol. The van der Waals surface area contributed by atoms with Crippen LogP contribution >= 0.6 is 11.3 Å². The van der Waals surface area contributed by atoms with Crippen molar-refractivity contribution in [3.05, 3.63) is 16.3 Å². The van der Waals surface area contributed by atoms with Crippen molar-refractivity contribution in [1.29, 1.82) is 0 Å². The molecule has 0 spiro atoms. The zero-order chi connectivity index (χ0) is 26.3.